The quantitative estimate of drug-likeness (QED) is 0.691. The first-order valence-corrected chi connectivity index (χ1v) is 9.44. The van der Waals surface area contributed by atoms with Gasteiger partial charge in [0, 0.05) is 24.1 Å². The summed E-state index contributed by atoms with van der Waals surface area (Å²) in [4.78, 5) is 11.7. The molecule has 22 heavy (non-hydrogen) atoms. The molecule has 1 heterocycles. The Kier molecular flexibility index (Phi) is 7.39. The van der Waals surface area contributed by atoms with Gasteiger partial charge in [0.1, 0.15) is 5.75 Å². The van der Waals surface area contributed by atoms with Gasteiger partial charge >= 0.3 is 0 Å². The lowest BCUT2D eigenvalue weighted by Crippen LogP contribution is -2.30. The first kappa shape index (κ1) is 17.5. The molecule has 0 aliphatic rings. The van der Waals surface area contributed by atoms with Crippen molar-refractivity contribution in [3.8, 4) is 5.75 Å². The van der Waals surface area contributed by atoms with Crippen LogP contribution >= 0.6 is 46.3 Å². The molecule has 0 spiro atoms. The second-order valence-electron chi connectivity index (χ2n) is 4.40. The number of carbonyl (C=O) groups is 1. The summed E-state index contributed by atoms with van der Waals surface area (Å²) in [5.74, 6) is 2.21. The third-order valence-corrected chi connectivity index (χ3v) is 5.18. The van der Waals surface area contributed by atoms with Crippen LogP contribution in [0.3, 0.4) is 0 Å². The fraction of sp³-hybridized carbons (Fsp3) is 0.267. The molecule has 0 saturated heterocycles. The molecular formula is C15H15Cl2NO2S2. The highest BCUT2D eigenvalue weighted by Gasteiger charge is 2.04. The van der Waals surface area contributed by atoms with E-state index in [1.54, 1.807) is 41.3 Å². The molecule has 0 bridgehead atoms. The lowest BCUT2D eigenvalue weighted by molar-refractivity contribution is -0.122. The van der Waals surface area contributed by atoms with E-state index in [0.29, 0.717) is 22.3 Å². The molecule has 0 radical (unpaired) electrons. The van der Waals surface area contributed by atoms with Gasteiger partial charge in [-0.3, -0.25) is 4.79 Å². The van der Waals surface area contributed by atoms with Gasteiger partial charge in [-0.2, -0.15) is 23.1 Å². The second-order valence-corrected chi connectivity index (χ2v) is 7.10. The molecule has 0 aliphatic carbocycles. The Labute approximate surface area is 148 Å². The van der Waals surface area contributed by atoms with Crippen LogP contribution in [0.15, 0.2) is 35.0 Å². The van der Waals surface area contributed by atoms with Crippen molar-refractivity contribution >= 4 is 52.2 Å². The van der Waals surface area contributed by atoms with E-state index < -0.39 is 0 Å². The molecule has 1 aromatic heterocycles. The zero-order valence-electron chi connectivity index (χ0n) is 11.7. The SMILES string of the molecule is O=C(COc1ccc(Cl)c(Cl)c1)NCCSCc1ccsc1. The zero-order chi connectivity index (χ0) is 15.8. The maximum absolute atomic E-state index is 11.7. The van der Waals surface area contributed by atoms with Crippen molar-refractivity contribution in [3.05, 3.63) is 50.6 Å². The highest BCUT2D eigenvalue weighted by Crippen LogP contribution is 2.26. The molecule has 1 N–H and O–H groups in total. The van der Waals surface area contributed by atoms with E-state index in [9.17, 15) is 4.79 Å². The van der Waals surface area contributed by atoms with E-state index >= 15 is 0 Å². The number of ether oxygens (including phenoxy) is 1. The van der Waals surface area contributed by atoms with E-state index in [1.807, 2.05) is 0 Å². The summed E-state index contributed by atoms with van der Waals surface area (Å²) in [6, 6.07) is 7.02. The molecule has 0 saturated carbocycles. The second kappa shape index (κ2) is 9.30. The number of halogens is 2. The molecule has 7 heteroatoms. The standard InChI is InChI=1S/C15H15Cl2NO2S2/c16-13-2-1-12(7-14(13)17)20-8-15(19)18-4-6-22-10-11-3-5-21-9-11/h1-3,5,7,9H,4,6,8,10H2,(H,18,19). The molecule has 2 aromatic rings. The predicted molar refractivity (Wildman–Crippen MR) is 95.4 cm³/mol. The van der Waals surface area contributed by atoms with E-state index in [4.69, 9.17) is 27.9 Å². The minimum Gasteiger partial charge on any atom is -0.484 e. The number of nitrogens with one attached hydrogen (secondary N) is 1. The smallest absolute Gasteiger partial charge is 0.257 e. The summed E-state index contributed by atoms with van der Waals surface area (Å²) in [5.41, 5.74) is 1.32. The van der Waals surface area contributed by atoms with E-state index in [-0.39, 0.29) is 12.5 Å². The summed E-state index contributed by atoms with van der Waals surface area (Å²) >= 11 is 15.2. The van der Waals surface area contributed by atoms with Gasteiger partial charge in [0.2, 0.25) is 0 Å². The summed E-state index contributed by atoms with van der Waals surface area (Å²) in [5, 5.41) is 7.89. The maximum Gasteiger partial charge on any atom is 0.257 e. The van der Waals surface area contributed by atoms with Crippen LogP contribution in [0.25, 0.3) is 0 Å². The van der Waals surface area contributed by atoms with Gasteiger partial charge in [-0.05, 0) is 34.5 Å². The molecular weight excluding hydrogens is 361 g/mol. The summed E-state index contributed by atoms with van der Waals surface area (Å²) in [7, 11) is 0. The van der Waals surface area contributed by atoms with Crippen LogP contribution in [0.4, 0.5) is 0 Å². The minimum absolute atomic E-state index is 0.0346. The average Bonchev–Trinajstić information content (AvgIpc) is 3.01. The van der Waals surface area contributed by atoms with E-state index in [1.165, 1.54) is 5.56 Å². The first-order chi connectivity index (χ1) is 10.6. The third-order valence-electron chi connectivity index (χ3n) is 2.68. The van der Waals surface area contributed by atoms with Gasteiger partial charge in [0.15, 0.2) is 6.61 Å². The molecule has 1 aromatic carbocycles. The summed E-state index contributed by atoms with van der Waals surface area (Å²) in [6.07, 6.45) is 0. The van der Waals surface area contributed by atoms with Gasteiger partial charge in [-0.1, -0.05) is 23.2 Å². The Morgan fingerprint density at radius 2 is 2.14 bits per heavy atom. The van der Waals surface area contributed by atoms with Gasteiger partial charge < -0.3 is 10.1 Å². The van der Waals surface area contributed by atoms with Crippen LogP contribution in [0.1, 0.15) is 5.56 Å². The number of thiophene rings is 1. The third kappa shape index (κ3) is 6.08. The van der Waals surface area contributed by atoms with Crippen molar-refractivity contribution in [2.24, 2.45) is 0 Å². The molecule has 0 atom stereocenters. The van der Waals surface area contributed by atoms with Crippen molar-refractivity contribution in [1.82, 2.24) is 5.32 Å². The van der Waals surface area contributed by atoms with Crippen LogP contribution in [0.2, 0.25) is 10.0 Å². The van der Waals surface area contributed by atoms with Crippen molar-refractivity contribution in [2.75, 3.05) is 18.9 Å². The summed E-state index contributed by atoms with van der Waals surface area (Å²) < 4.78 is 5.36. The molecule has 3 nitrogen and oxygen atoms in total. The highest BCUT2D eigenvalue weighted by molar-refractivity contribution is 7.98. The van der Waals surface area contributed by atoms with Crippen molar-refractivity contribution in [1.29, 1.82) is 0 Å². The van der Waals surface area contributed by atoms with Gasteiger partial charge in [-0.25, -0.2) is 0 Å². The Bertz CT molecular complexity index is 606. The topological polar surface area (TPSA) is 38.3 Å². The molecule has 0 fully saturated rings. The fourth-order valence-corrected chi connectivity index (χ4v) is 3.46. The number of hydrogen-bond donors (Lipinski definition) is 1. The number of amides is 1. The number of rotatable bonds is 8. The summed E-state index contributed by atoms with van der Waals surface area (Å²) in [6.45, 7) is 0.589. The fourth-order valence-electron chi connectivity index (χ4n) is 1.59. The van der Waals surface area contributed by atoms with E-state index in [0.717, 1.165) is 11.5 Å². The number of carbonyl (C=O) groups excluding carboxylic acids is 1. The van der Waals surface area contributed by atoms with Crippen molar-refractivity contribution in [2.45, 2.75) is 5.75 Å². The first-order valence-electron chi connectivity index (χ1n) is 6.58. The molecule has 0 aliphatic heterocycles. The molecule has 118 valence electrons. The monoisotopic (exact) mass is 375 g/mol. The molecule has 2 rings (SSSR count). The largest absolute Gasteiger partial charge is 0.484 e. The van der Waals surface area contributed by atoms with Gasteiger partial charge in [0.05, 0.1) is 10.0 Å². The molecule has 1 amide bonds. The zero-order valence-corrected chi connectivity index (χ0v) is 14.8. The van der Waals surface area contributed by atoms with Crippen molar-refractivity contribution < 1.29 is 9.53 Å². The van der Waals surface area contributed by atoms with Crippen LogP contribution in [-0.4, -0.2) is 24.8 Å². The Balaban J connectivity index is 1.58. The van der Waals surface area contributed by atoms with Crippen LogP contribution in [-0.2, 0) is 10.5 Å². The lowest BCUT2D eigenvalue weighted by Gasteiger charge is -2.08. The normalized spacial score (nSPS) is 10.5. The van der Waals surface area contributed by atoms with Gasteiger partial charge in [0.25, 0.3) is 5.91 Å². The van der Waals surface area contributed by atoms with Crippen LogP contribution < -0.4 is 10.1 Å². The number of hydrogen-bond acceptors (Lipinski definition) is 4. The Morgan fingerprint density at radius 1 is 1.27 bits per heavy atom. The minimum atomic E-state index is -0.151. The van der Waals surface area contributed by atoms with Crippen molar-refractivity contribution in [3.63, 3.8) is 0 Å². The average molecular weight is 376 g/mol. The van der Waals surface area contributed by atoms with Crippen LogP contribution in [0, 0.1) is 0 Å². The van der Waals surface area contributed by atoms with Gasteiger partial charge in [-0.15, -0.1) is 0 Å². The number of thioether (sulfide) groups is 1. The maximum atomic E-state index is 11.7. The lowest BCUT2D eigenvalue weighted by atomic mass is 10.3. The highest BCUT2D eigenvalue weighted by atomic mass is 35.5. The van der Waals surface area contributed by atoms with Crippen LogP contribution in [0.5, 0.6) is 5.75 Å². The molecule has 0 unspecified atom stereocenters. The Morgan fingerprint density at radius 3 is 2.86 bits per heavy atom. The Hall–Kier alpha value is -0.880. The predicted octanol–water partition coefficient (Wildman–Crippen LogP) is 4.48. The van der Waals surface area contributed by atoms with E-state index in [2.05, 4.69) is 22.1 Å². The number of benzene rings is 1.